The maximum Gasteiger partial charge on any atom is 0.411 e. The van der Waals surface area contributed by atoms with E-state index in [1.807, 2.05) is 32.9 Å². The third-order valence-corrected chi connectivity index (χ3v) is 5.78. The zero-order chi connectivity index (χ0) is 21.9. The molecule has 162 valence electrons. The molecule has 1 aromatic heterocycles. The lowest BCUT2D eigenvalue weighted by molar-refractivity contribution is -0.145. The summed E-state index contributed by atoms with van der Waals surface area (Å²) >= 11 is 5.00. The van der Waals surface area contributed by atoms with Gasteiger partial charge >= 0.3 is 12.1 Å². The van der Waals surface area contributed by atoms with Crippen LogP contribution in [0.25, 0.3) is 0 Å². The maximum absolute atomic E-state index is 13.0. The first-order valence-electron chi connectivity index (χ1n) is 9.69. The zero-order valence-corrected chi connectivity index (χ0v) is 19.8. The highest BCUT2D eigenvalue weighted by Crippen LogP contribution is 2.42. The highest BCUT2D eigenvalue weighted by Gasteiger charge is 2.38. The third-order valence-electron chi connectivity index (χ3n) is 4.37. The van der Waals surface area contributed by atoms with E-state index in [9.17, 15) is 9.59 Å². The Morgan fingerprint density at radius 3 is 2.80 bits per heavy atom. The molecular formula is C21H25BrN2O5S. The molecule has 0 saturated carbocycles. The molecule has 7 nitrogen and oxygen atoms in total. The zero-order valence-electron chi connectivity index (χ0n) is 17.4. The summed E-state index contributed by atoms with van der Waals surface area (Å²) in [6.07, 6.45) is 0.254. The number of fused-ring (bicyclic) bond motifs is 1. The van der Waals surface area contributed by atoms with Crippen molar-refractivity contribution in [2.45, 2.75) is 45.8 Å². The van der Waals surface area contributed by atoms with Crippen LogP contribution in [-0.2, 0) is 20.7 Å². The Morgan fingerprint density at radius 1 is 1.33 bits per heavy atom. The molecule has 0 aliphatic carbocycles. The maximum atomic E-state index is 13.0. The second-order valence-corrected chi connectivity index (χ2v) is 9.57. The van der Waals surface area contributed by atoms with Gasteiger partial charge in [-0.1, -0.05) is 15.9 Å². The van der Waals surface area contributed by atoms with Gasteiger partial charge in [0.05, 0.1) is 22.7 Å². The molecule has 0 saturated heterocycles. The van der Waals surface area contributed by atoms with Crippen LogP contribution in [-0.4, -0.2) is 47.3 Å². The smallest absolute Gasteiger partial charge is 0.411 e. The topological polar surface area (TPSA) is 78.0 Å². The minimum atomic E-state index is -0.615. The molecule has 0 radical (unpaired) electrons. The number of carbonyl (C=O) groups excluding carboxylic acids is 2. The van der Waals surface area contributed by atoms with Crippen LogP contribution in [0.2, 0.25) is 0 Å². The first kappa shape index (κ1) is 22.6. The van der Waals surface area contributed by atoms with Crippen molar-refractivity contribution in [2.24, 2.45) is 0 Å². The summed E-state index contributed by atoms with van der Waals surface area (Å²) in [5, 5.41) is 0. The van der Waals surface area contributed by atoms with Crippen molar-refractivity contribution in [1.82, 2.24) is 9.88 Å². The van der Waals surface area contributed by atoms with Gasteiger partial charge in [-0.15, -0.1) is 11.3 Å². The number of hydrogen-bond donors (Lipinski definition) is 0. The predicted molar refractivity (Wildman–Crippen MR) is 117 cm³/mol. The van der Waals surface area contributed by atoms with Crippen LogP contribution in [0.15, 0.2) is 28.2 Å². The molecule has 9 heteroatoms. The SMILES string of the molecule is CCOC(=O)COc1ccc(Br)cc1C1c2scnc2CCN1C(=O)OC(C)(C)C. The van der Waals surface area contributed by atoms with E-state index in [1.54, 1.807) is 23.4 Å². The Bertz CT molecular complexity index is 924. The summed E-state index contributed by atoms with van der Waals surface area (Å²) in [5.74, 6) is 0.0588. The quantitative estimate of drug-likeness (QED) is 0.556. The van der Waals surface area contributed by atoms with E-state index in [-0.39, 0.29) is 13.2 Å². The van der Waals surface area contributed by atoms with Crippen molar-refractivity contribution in [2.75, 3.05) is 19.8 Å². The molecule has 1 atom stereocenters. The third kappa shape index (κ3) is 5.31. The van der Waals surface area contributed by atoms with Crippen molar-refractivity contribution < 1.29 is 23.8 Å². The number of esters is 1. The van der Waals surface area contributed by atoms with Gasteiger partial charge in [0, 0.05) is 23.0 Å². The second kappa shape index (κ2) is 9.34. The lowest BCUT2D eigenvalue weighted by atomic mass is 9.97. The molecule has 1 aliphatic heterocycles. The molecule has 1 aromatic carbocycles. The van der Waals surface area contributed by atoms with E-state index in [4.69, 9.17) is 14.2 Å². The molecule has 30 heavy (non-hydrogen) atoms. The Hall–Kier alpha value is -2.13. The van der Waals surface area contributed by atoms with Gasteiger partial charge in [-0.2, -0.15) is 0 Å². The van der Waals surface area contributed by atoms with E-state index in [0.29, 0.717) is 18.7 Å². The lowest BCUT2D eigenvalue weighted by Gasteiger charge is -2.37. The molecule has 0 fully saturated rings. The van der Waals surface area contributed by atoms with E-state index < -0.39 is 23.7 Å². The molecule has 0 bridgehead atoms. The first-order chi connectivity index (χ1) is 14.2. The first-order valence-corrected chi connectivity index (χ1v) is 11.4. The van der Waals surface area contributed by atoms with Gasteiger partial charge in [0.25, 0.3) is 0 Å². The Kier molecular flexibility index (Phi) is 7.02. The van der Waals surface area contributed by atoms with Gasteiger partial charge in [-0.05, 0) is 45.9 Å². The van der Waals surface area contributed by atoms with Gasteiger partial charge in [-0.3, -0.25) is 4.90 Å². The number of rotatable bonds is 5. The molecule has 1 aliphatic rings. The lowest BCUT2D eigenvalue weighted by Crippen LogP contribution is -2.43. The number of nitrogens with zero attached hydrogens (tertiary/aromatic N) is 2. The number of ether oxygens (including phenoxy) is 3. The van der Waals surface area contributed by atoms with E-state index in [2.05, 4.69) is 20.9 Å². The van der Waals surface area contributed by atoms with E-state index in [0.717, 1.165) is 20.6 Å². The predicted octanol–water partition coefficient (Wildman–Crippen LogP) is 4.73. The van der Waals surface area contributed by atoms with E-state index in [1.165, 1.54) is 11.3 Å². The Morgan fingerprint density at radius 2 is 2.10 bits per heavy atom. The van der Waals surface area contributed by atoms with Crippen molar-refractivity contribution in [3.8, 4) is 5.75 Å². The summed E-state index contributed by atoms with van der Waals surface area (Å²) < 4.78 is 17.3. The van der Waals surface area contributed by atoms with Crippen molar-refractivity contribution >= 4 is 39.3 Å². The number of benzene rings is 1. The highest BCUT2D eigenvalue weighted by molar-refractivity contribution is 9.10. The number of thiazole rings is 1. The molecule has 3 rings (SSSR count). The van der Waals surface area contributed by atoms with Gasteiger partial charge in [0.1, 0.15) is 17.4 Å². The number of halogens is 1. The molecule has 0 spiro atoms. The van der Waals surface area contributed by atoms with E-state index >= 15 is 0 Å². The van der Waals surface area contributed by atoms with Crippen LogP contribution in [0.5, 0.6) is 5.75 Å². The molecule has 1 amide bonds. The fourth-order valence-electron chi connectivity index (χ4n) is 3.22. The molecule has 0 N–H and O–H groups in total. The van der Waals surface area contributed by atoms with Gasteiger partial charge in [-0.25, -0.2) is 14.6 Å². The van der Waals surface area contributed by atoms with Crippen LogP contribution < -0.4 is 4.74 Å². The van der Waals surface area contributed by atoms with Crippen LogP contribution in [0.1, 0.15) is 49.9 Å². The fraction of sp³-hybridized carbons (Fsp3) is 0.476. The summed E-state index contributed by atoms with van der Waals surface area (Å²) in [6.45, 7) is 7.82. The number of hydrogen-bond acceptors (Lipinski definition) is 7. The van der Waals surface area contributed by atoms with Crippen molar-refractivity contribution in [3.05, 3.63) is 44.3 Å². The number of aromatic nitrogens is 1. The fourth-order valence-corrected chi connectivity index (χ4v) is 4.56. The molecular weight excluding hydrogens is 472 g/mol. The van der Waals surface area contributed by atoms with Crippen LogP contribution in [0, 0.1) is 0 Å². The van der Waals surface area contributed by atoms with Gasteiger partial charge in [0.15, 0.2) is 6.61 Å². The molecule has 2 heterocycles. The van der Waals surface area contributed by atoms with Crippen LogP contribution in [0.3, 0.4) is 0 Å². The molecule has 2 aromatic rings. The Balaban J connectivity index is 2.00. The van der Waals surface area contributed by atoms with Crippen molar-refractivity contribution in [1.29, 1.82) is 0 Å². The van der Waals surface area contributed by atoms with Crippen LogP contribution in [0.4, 0.5) is 4.79 Å². The normalized spacial score (nSPS) is 16.0. The van der Waals surface area contributed by atoms with Crippen molar-refractivity contribution in [3.63, 3.8) is 0 Å². The minimum Gasteiger partial charge on any atom is -0.482 e. The summed E-state index contributed by atoms with van der Waals surface area (Å²) in [6, 6.07) is 5.09. The van der Waals surface area contributed by atoms with Gasteiger partial charge in [0.2, 0.25) is 0 Å². The Labute approximate surface area is 188 Å². The standard InChI is InChI=1S/C21H25BrN2O5S/c1-5-27-17(25)11-28-16-7-6-13(22)10-14(16)18-19-15(23-12-30-19)8-9-24(18)20(26)29-21(2,3)4/h6-7,10,12,18H,5,8-9,11H2,1-4H3. The summed E-state index contributed by atoms with van der Waals surface area (Å²) in [4.78, 5) is 32.0. The average molecular weight is 497 g/mol. The average Bonchev–Trinajstić information content (AvgIpc) is 3.14. The minimum absolute atomic E-state index is 0.211. The van der Waals surface area contributed by atoms with Crippen LogP contribution >= 0.6 is 27.3 Å². The van der Waals surface area contributed by atoms with Gasteiger partial charge < -0.3 is 14.2 Å². The highest BCUT2D eigenvalue weighted by atomic mass is 79.9. The largest absolute Gasteiger partial charge is 0.482 e. The summed E-state index contributed by atoms with van der Waals surface area (Å²) in [7, 11) is 0. The summed E-state index contributed by atoms with van der Waals surface area (Å²) in [5.41, 5.74) is 2.88. The number of amides is 1. The monoisotopic (exact) mass is 496 g/mol. The molecule has 1 unspecified atom stereocenters. The number of carbonyl (C=O) groups is 2. The second-order valence-electron chi connectivity index (χ2n) is 7.77.